The van der Waals surface area contributed by atoms with E-state index in [4.69, 9.17) is 0 Å². The number of nitrogens with zero attached hydrogens (tertiary/aromatic N) is 2. The Morgan fingerprint density at radius 3 is 2.37 bits per heavy atom. The average molecular weight is 398 g/mol. The molecule has 1 aromatic heterocycles. The van der Waals surface area contributed by atoms with Crippen molar-refractivity contribution in [1.82, 2.24) is 4.57 Å². The van der Waals surface area contributed by atoms with Crippen LogP contribution in [0, 0.1) is 52.9 Å². The molecule has 1 N–H and O–H groups in total. The maximum absolute atomic E-state index is 12.8. The first-order chi connectivity index (χ1) is 14.2. The second-order valence-electron chi connectivity index (χ2n) is 7.80. The molecule has 0 aliphatic rings. The average Bonchev–Trinajstić information content (AvgIpc) is 2.98. The van der Waals surface area contributed by atoms with Gasteiger partial charge in [-0.15, -0.1) is 0 Å². The minimum Gasteiger partial charge on any atom is -0.321 e. The Balaban J connectivity index is 1.96. The minimum atomic E-state index is -0.401. The fourth-order valence-corrected chi connectivity index (χ4v) is 3.58. The monoisotopic (exact) mass is 397 g/mol. The molecule has 0 aliphatic carbocycles. The third-order valence-electron chi connectivity index (χ3n) is 5.74. The standard InChI is InChI=1S/C26H27N3O/c1-16-10-11-24(12-18(16)3)29-19(4)13-22(21(29)6)14-23(15-27)26(30)28-25-9-7-8-17(2)20(25)5/h7-14H,1-6H3,(H,28,30)/b23-14+. The Kier molecular flexibility index (Phi) is 5.94. The van der Waals surface area contributed by atoms with E-state index in [0.717, 1.165) is 39.5 Å². The second kappa shape index (κ2) is 8.42. The fourth-order valence-electron chi connectivity index (χ4n) is 3.58. The van der Waals surface area contributed by atoms with Crippen LogP contribution in [0.2, 0.25) is 0 Å². The smallest absolute Gasteiger partial charge is 0.266 e. The van der Waals surface area contributed by atoms with Gasteiger partial charge in [0.05, 0.1) is 0 Å². The molecule has 0 bridgehead atoms. The molecule has 0 atom stereocenters. The molecular weight excluding hydrogens is 370 g/mol. The number of carbonyl (C=O) groups is 1. The van der Waals surface area contributed by atoms with Crippen LogP contribution in [0.1, 0.15) is 39.2 Å². The van der Waals surface area contributed by atoms with E-state index < -0.39 is 5.91 Å². The van der Waals surface area contributed by atoms with E-state index in [1.54, 1.807) is 6.08 Å². The number of aryl methyl sites for hydroxylation is 4. The van der Waals surface area contributed by atoms with Gasteiger partial charge in [0, 0.05) is 22.8 Å². The van der Waals surface area contributed by atoms with Crippen LogP contribution in [0.5, 0.6) is 0 Å². The molecular formula is C26H27N3O. The summed E-state index contributed by atoms with van der Waals surface area (Å²) in [4.78, 5) is 12.8. The summed E-state index contributed by atoms with van der Waals surface area (Å²) in [6.07, 6.45) is 1.67. The van der Waals surface area contributed by atoms with Gasteiger partial charge in [0.1, 0.15) is 11.6 Å². The van der Waals surface area contributed by atoms with Crippen LogP contribution in [0.4, 0.5) is 5.69 Å². The van der Waals surface area contributed by atoms with Crippen LogP contribution in [0.15, 0.2) is 48.0 Å². The van der Waals surface area contributed by atoms with Crippen LogP contribution in [-0.2, 0) is 4.79 Å². The molecule has 3 rings (SSSR count). The number of nitrogens with one attached hydrogen (secondary N) is 1. The van der Waals surface area contributed by atoms with Crippen molar-refractivity contribution >= 4 is 17.7 Å². The summed E-state index contributed by atoms with van der Waals surface area (Å²) in [6.45, 7) is 12.2. The van der Waals surface area contributed by atoms with Crippen LogP contribution in [0.25, 0.3) is 11.8 Å². The van der Waals surface area contributed by atoms with E-state index in [1.165, 1.54) is 11.1 Å². The molecule has 2 aromatic carbocycles. The van der Waals surface area contributed by atoms with Crippen LogP contribution >= 0.6 is 0 Å². The van der Waals surface area contributed by atoms with Gasteiger partial charge in [-0.3, -0.25) is 4.79 Å². The van der Waals surface area contributed by atoms with E-state index in [1.807, 2.05) is 52.0 Å². The fraction of sp³-hybridized carbons (Fsp3) is 0.231. The lowest BCUT2D eigenvalue weighted by Gasteiger charge is -2.12. The highest BCUT2D eigenvalue weighted by Crippen LogP contribution is 2.25. The van der Waals surface area contributed by atoms with Crippen molar-refractivity contribution in [2.45, 2.75) is 41.5 Å². The summed E-state index contributed by atoms with van der Waals surface area (Å²) < 4.78 is 2.15. The lowest BCUT2D eigenvalue weighted by molar-refractivity contribution is -0.112. The molecule has 1 heterocycles. The number of hydrogen-bond donors (Lipinski definition) is 1. The van der Waals surface area contributed by atoms with Gasteiger partial charge < -0.3 is 9.88 Å². The van der Waals surface area contributed by atoms with E-state index in [9.17, 15) is 10.1 Å². The van der Waals surface area contributed by atoms with Crippen molar-refractivity contribution < 1.29 is 4.79 Å². The topological polar surface area (TPSA) is 57.8 Å². The van der Waals surface area contributed by atoms with Crippen molar-refractivity contribution in [3.63, 3.8) is 0 Å². The number of nitriles is 1. The number of rotatable bonds is 4. The minimum absolute atomic E-state index is 0.0799. The summed E-state index contributed by atoms with van der Waals surface area (Å²) in [6, 6.07) is 16.2. The number of amides is 1. The van der Waals surface area contributed by atoms with E-state index >= 15 is 0 Å². The molecule has 4 heteroatoms. The van der Waals surface area contributed by atoms with Gasteiger partial charge in [-0.25, -0.2) is 0 Å². The highest BCUT2D eigenvalue weighted by Gasteiger charge is 2.15. The van der Waals surface area contributed by atoms with Gasteiger partial charge in [0.2, 0.25) is 0 Å². The van der Waals surface area contributed by atoms with Gasteiger partial charge in [-0.2, -0.15) is 5.26 Å². The summed E-state index contributed by atoms with van der Waals surface area (Å²) in [5, 5.41) is 12.5. The van der Waals surface area contributed by atoms with Gasteiger partial charge in [-0.1, -0.05) is 18.2 Å². The second-order valence-corrected chi connectivity index (χ2v) is 7.80. The summed E-state index contributed by atoms with van der Waals surface area (Å²) in [5.74, 6) is -0.401. The third-order valence-corrected chi connectivity index (χ3v) is 5.74. The molecule has 0 radical (unpaired) electrons. The molecule has 0 aliphatic heterocycles. The maximum atomic E-state index is 12.8. The van der Waals surface area contributed by atoms with Gasteiger partial charge in [-0.05, 0) is 99.7 Å². The summed E-state index contributed by atoms with van der Waals surface area (Å²) >= 11 is 0. The molecule has 152 valence electrons. The molecule has 0 fully saturated rings. The number of carbonyl (C=O) groups excluding carboxylic acids is 1. The van der Waals surface area contributed by atoms with Crippen LogP contribution in [-0.4, -0.2) is 10.5 Å². The van der Waals surface area contributed by atoms with E-state index in [0.29, 0.717) is 0 Å². The van der Waals surface area contributed by atoms with Crippen molar-refractivity contribution in [2.24, 2.45) is 0 Å². The lowest BCUT2D eigenvalue weighted by Crippen LogP contribution is -2.14. The van der Waals surface area contributed by atoms with Gasteiger partial charge in [0.15, 0.2) is 0 Å². The first-order valence-corrected chi connectivity index (χ1v) is 9.99. The third kappa shape index (κ3) is 4.06. The number of anilines is 1. The van der Waals surface area contributed by atoms with E-state index in [2.05, 4.69) is 48.0 Å². The Morgan fingerprint density at radius 2 is 1.70 bits per heavy atom. The largest absolute Gasteiger partial charge is 0.321 e. The maximum Gasteiger partial charge on any atom is 0.266 e. The SMILES string of the molecule is Cc1ccc(-n2c(C)cc(/C=C(\C#N)C(=O)Nc3cccc(C)c3C)c2C)cc1C. The zero-order valence-electron chi connectivity index (χ0n) is 18.4. The quantitative estimate of drug-likeness (QED) is 0.442. The highest BCUT2D eigenvalue weighted by atomic mass is 16.1. The van der Waals surface area contributed by atoms with Crippen LogP contribution < -0.4 is 5.32 Å². The predicted molar refractivity (Wildman–Crippen MR) is 123 cm³/mol. The van der Waals surface area contributed by atoms with Gasteiger partial charge in [0.25, 0.3) is 5.91 Å². The molecule has 0 unspecified atom stereocenters. The number of aromatic nitrogens is 1. The van der Waals surface area contributed by atoms with E-state index in [-0.39, 0.29) is 5.57 Å². The number of benzene rings is 2. The van der Waals surface area contributed by atoms with Crippen molar-refractivity contribution in [3.8, 4) is 11.8 Å². The zero-order valence-corrected chi connectivity index (χ0v) is 18.4. The Labute approximate surface area is 178 Å². The molecule has 0 spiro atoms. The molecule has 3 aromatic rings. The van der Waals surface area contributed by atoms with Crippen molar-refractivity contribution in [1.29, 1.82) is 5.26 Å². The van der Waals surface area contributed by atoms with Crippen molar-refractivity contribution in [3.05, 3.63) is 87.2 Å². The molecule has 30 heavy (non-hydrogen) atoms. The van der Waals surface area contributed by atoms with Crippen LogP contribution in [0.3, 0.4) is 0 Å². The molecule has 0 saturated carbocycles. The van der Waals surface area contributed by atoms with Gasteiger partial charge >= 0.3 is 0 Å². The lowest BCUT2D eigenvalue weighted by atomic mass is 10.1. The number of hydrogen-bond acceptors (Lipinski definition) is 2. The first-order valence-electron chi connectivity index (χ1n) is 9.99. The molecule has 4 nitrogen and oxygen atoms in total. The Bertz CT molecular complexity index is 1210. The van der Waals surface area contributed by atoms with Crippen molar-refractivity contribution in [2.75, 3.05) is 5.32 Å². The molecule has 1 amide bonds. The summed E-state index contributed by atoms with van der Waals surface area (Å²) in [5.41, 5.74) is 9.34. The Morgan fingerprint density at radius 1 is 0.967 bits per heavy atom. The normalized spacial score (nSPS) is 11.3. The first kappa shape index (κ1) is 21.1. The Hall–Kier alpha value is -3.58. The highest BCUT2D eigenvalue weighted by molar-refractivity contribution is 6.10. The predicted octanol–water partition coefficient (Wildman–Crippen LogP) is 5.87. The molecule has 0 saturated heterocycles. The zero-order chi connectivity index (χ0) is 22.0. The summed E-state index contributed by atoms with van der Waals surface area (Å²) in [7, 11) is 0.